The van der Waals surface area contributed by atoms with Gasteiger partial charge in [0.15, 0.2) is 0 Å². The van der Waals surface area contributed by atoms with Crippen molar-refractivity contribution in [3.63, 3.8) is 0 Å². The van der Waals surface area contributed by atoms with Gasteiger partial charge in [0.2, 0.25) is 0 Å². The van der Waals surface area contributed by atoms with E-state index in [4.69, 9.17) is 0 Å². The van der Waals surface area contributed by atoms with E-state index in [1.54, 1.807) is 0 Å². The van der Waals surface area contributed by atoms with Gasteiger partial charge < -0.3 is 10.4 Å². The first-order valence-electron chi connectivity index (χ1n) is 8.10. The van der Waals surface area contributed by atoms with Crippen LogP contribution in [0.15, 0.2) is 18.2 Å². The summed E-state index contributed by atoms with van der Waals surface area (Å²) in [6.45, 7) is 3.57. The minimum absolute atomic E-state index is 0.141. The van der Waals surface area contributed by atoms with E-state index >= 15 is 0 Å². The van der Waals surface area contributed by atoms with Gasteiger partial charge >= 0.3 is 5.97 Å². The van der Waals surface area contributed by atoms with Crippen LogP contribution in [0.1, 0.15) is 54.9 Å². The molecule has 7 nitrogen and oxygen atoms in total. The van der Waals surface area contributed by atoms with E-state index in [2.05, 4.69) is 12.2 Å². The summed E-state index contributed by atoms with van der Waals surface area (Å²) in [5.41, 5.74) is -1.06. The molecule has 0 heterocycles. The second kappa shape index (κ2) is 6.98. The normalized spacial score (nSPS) is 23.5. The van der Waals surface area contributed by atoms with Crippen molar-refractivity contribution in [1.82, 2.24) is 5.32 Å². The van der Waals surface area contributed by atoms with E-state index in [1.807, 2.05) is 0 Å². The smallest absolute Gasteiger partial charge is 0.329 e. The Hall–Kier alpha value is -2.44. The first-order valence-corrected chi connectivity index (χ1v) is 8.10. The Morgan fingerprint density at radius 2 is 2.00 bits per heavy atom. The molecule has 0 aromatic heterocycles. The van der Waals surface area contributed by atoms with Gasteiger partial charge in [-0.05, 0) is 44.6 Å². The van der Waals surface area contributed by atoms with E-state index in [0.717, 1.165) is 19.3 Å². The first-order chi connectivity index (χ1) is 11.3. The topological polar surface area (TPSA) is 110 Å². The van der Waals surface area contributed by atoms with E-state index in [1.165, 1.54) is 25.1 Å². The first kappa shape index (κ1) is 17.9. The lowest BCUT2D eigenvalue weighted by molar-refractivity contribution is -0.385. The zero-order valence-electron chi connectivity index (χ0n) is 13.9. The maximum Gasteiger partial charge on any atom is 0.329 e. The molecule has 1 aliphatic rings. The summed E-state index contributed by atoms with van der Waals surface area (Å²) in [5.74, 6) is -1.14. The summed E-state index contributed by atoms with van der Waals surface area (Å²) in [6.07, 6.45) is 3.24. The predicted octanol–water partition coefficient (Wildman–Crippen LogP) is 3.06. The molecule has 0 radical (unpaired) electrons. The summed E-state index contributed by atoms with van der Waals surface area (Å²) in [4.78, 5) is 34.8. The van der Waals surface area contributed by atoms with Crippen molar-refractivity contribution >= 4 is 17.6 Å². The quantitative estimate of drug-likeness (QED) is 0.635. The number of carbonyl (C=O) groups excluding carboxylic acids is 1. The fourth-order valence-electron chi connectivity index (χ4n) is 3.32. The average Bonchev–Trinajstić information content (AvgIpc) is 2.55. The maximum atomic E-state index is 12.6. The van der Waals surface area contributed by atoms with Crippen LogP contribution >= 0.6 is 0 Å². The van der Waals surface area contributed by atoms with Crippen LogP contribution in [0, 0.1) is 23.0 Å². The van der Waals surface area contributed by atoms with Gasteiger partial charge in [0.1, 0.15) is 5.54 Å². The fourth-order valence-corrected chi connectivity index (χ4v) is 3.32. The van der Waals surface area contributed by atoms with Gasteiger partial charge in [-0.25, -0.2) is 4.79 Å². The summed E-state index contributed by atoms with van der Waals surface area (Å²) in [7, 11) is 0. The van der Waals surface area contributed by atoms with Crippen molar-refractivity contribution < 1.29 is 19.6 Å². The molecule has 1 aliphatic carbocycles. The number of nitro groups is 1. The molecule has 130 valence electrons. The lowest BCUT2D eigenvalue weighted by Crippen LogP contribution is -2.56. The monoisotopic (exact) mass is 334 g/mol. The third-order valence-electron chi connectivity index (χ3n) is 5.04. The number of benzene rings is 1. The Balaban J connectivity index is 2.25. The number of nitro benzene ring substituents is 1. The third kappa shape index (κ3) is 3.39. The zero-order valence-corrected chi connectivity index (χ0v) is 13.9. The van der Waals surface area contributed by atoms with Gasteiger partial charge in [-0.15, -0.1) is 0 Å². The highest BCUT2D eigenvalue weighted by atomic mass is 16.6. The van der Waals surface area contributed by atoms with Crippen LogP contribution in [0.3, 0.4) is 0 Å². The highest BCUT2D eigenvalue weighted by molar-refractivity contribution is 5.99. The molecule has 1 saturated carbocycles. The van der Waals surface area contributed by atoms with Gasteiger partial charge in [0, 0.05) is 17.2 Å². The highest BCUT2D eigenvalue weighted by Crippen LogP contribution is 2.34. The third-order valence-corrected chi connectivity index (χ3v) is 5.04. The van der Waals surface area contributed by atoms with E-state index in [9.17, 15) is 24.8 Å². The van der Waals surface area contributed by atoms with Crippen LogP contribution in [0.2, 0.25) is 0 Å². The fraction of sp³-hybridized carbons (Fsp3) is 0.529. The number of rotatable bonds is 5. The Labute approximate surface area is 140 Å². The lowest BCUT2D eigenvalue weighted by atomic mass is 9.75. The van der Waals surface area contributed by atoms with Crippen molar-refractivity contribution in [3.8, 4) is 0 Å². The molecule has 0 saturated heterocycles. The number of nitrogens with one attached hydrogen (secondary N) is 1. The molecule has 2 N–H and O–H groups in total. The largest absolute Gasteiger partial charge is 0.480 e. The van der Waals surface area contributed by atoms with Gasteiger partial charge in [-0.2, -0.15) is 0 Å². The number of nitrogens with zero attached hydrogens (tertiary/aromatic N) is 1. The molecule has 2 rings (SSSR count). The van der Waals surface area contributed by atoms with Crippen molar-refractivity contribution in [2.45, 2.75) is 51.5 Å². The van der Waals surface area contributed by atoms with E-state index < -0.39 is 22.3 Å². The summed E-state index contributed by atoms with van der Waals surface area (Å²) >= 11 is 0. The number of aliphatic carboxylic acids is 1. The molecule has 0 aliphatic heterocycles. The Bertz CT molecular complexity index is 663. The number of hydrogen-bond donors (Lipinski definition) is 2. The van der Waals surface area contributed by atoms with E-state index in [-0.39, 0.29) is 16.8 Å². The average molecular weight is 334 g/mol. The second-order valence-electron chi connectivity index (χ2n) is 6.40. The molecule has 0 unspecified atom stereocenters. The van der Waals surface area contributed by atoms with Crippen LogP contribution in [0.4, 0.5) is 5.69 Å². The maximum absolute atomic E-state index is 12.6. The van der Waals surface area contributed by atoms with Crippen LogP contribution in [-0.4, -0.2) is 27.4 Å². The van der Waals surface area contributed by atoms with Crippen molar-refractivity contribution in [2.24, 2.45) is 5.92 Å². The molecule has 7 heteroatoms. The minimum atomic E-state index is -1.29. The van der Waals surface area contributed by atoms with Crippen LogP contribution in [-0.2, 0) is 4.79 Å². The number of carbonyl (C=O) groups is 2. The molecule has 1 aromatic rings. The molecular weight excluding hydrogens is 312 g/mol. The van der Waals surface area contributed by atoms with Crippen molar-refractivity contribution in [3.05, 3.63) is 39.4 Å². The molecular formula is C17H22N2O5. The zero-order chi connectivity index (χ0) is 17.9. The standard InChI is InChI=1S/C17H22N2O5/c1-3-12-7-9-17(10-8-12,16(21)22)18-15(20)13-5-4-6-14(11(13)2)19(23)24/h4-6,12H,3,7-10H2,1-2H3,(H,18,20)(H,21,22). The SMILES string of the molecule is CCC1CCC(NC(=O)c2cccc([N+](=O)[O-])c2C)(C(=O)O)CC1. The summed E-state index contributed by atoms with van der Waals surface area (Å²) < 4.78 is 0. The minimum Gasteiger partial charge on any atom is -0.480 e. The molecule has 1 fully saturated rings. The summed E-state index contributed by atoms with van der Waals surface area (Å²) in [6, 6.07) is 4.23. The van der Waals surface area contributed by atoms with Crippen LogP contribution in [0.5, 0.6) is 0 Å². The molecule has 1 aromatic carbocycles. The number of carboxylic acids is 1. The van der Waals surface area contributed by atoms with Crippen molar-refractivity contribution in [2.75, 3.05) is 0 Å². The highest BCUT2D eigenvalue weighted by Gasteiger charge is 2.43. The number of amides is 1. The molecule has 1 amide bonds. The molecule has 0 atom stereocenters. The van der Waals surface area contributed by atoms with E-state index in [0.29, 0.717) is 18.8 Å². The Kier molecular flexibility index (Phi) is 5.21. The molecule has 24 heavy (non-hydrogen) atoms. The van der Waals surface area contributed by atoms with Crippen LogP contribution < -0.4 is 5.32 Å². The van der Waals surface area contributed by atoms with Gasteiger partial charge in [-0.1, -0.05) is 19.4 Å². The second-order valence-corrected chi connectivity index (χ2v) is 6.40. The number of hydrogen-bond acceptors (Lipinski definition) is 4. The summed E-state index contributed by atoms with van der Waals surface area (Å²) in [5, 5.41) is 23.3. The van der Waals surface area contributed by atoms with Crippen LogP contribution in [0.25, 0.3) is 0 Å². The van der Waals surface area contributed by atoms with Gasteiger partial charge in [0.05, 0.1) is 4.92 Å². The Morgan fingerprint density at radius 3 is 2.50 bits per heavy atom. The molecule has 0 bridgehead atoms. The predicted molar refractivity (Wildman–Crippen MR) is 87.9 cm³/mol. The number of carboxylic acid groups (broad SMARTS) is 1. The lowest BCUT2D eigenvalue weighted by Gasteiger charge is -2.37. The Morgan fingerprint density at radius 1 is 1.38 bits per heavy atom. The van der Waals surface area contributed by atoms with Gasteiger partial charge in [0.25, 0.3) is 11.6 Å². The van der Waals surface area contributed by atoms with Crippen molar-refractivity contribution in [1.29, 1.82) is 0 Å². The molecule has 0 spiro atoms. The van der Waals surface area contributed by atoms with Gasteiger partial charge in [-0.3, -0.25) is 14.9 Å².